The fourth-order valence-electron chi connectivity index (χ4n) is 2.49. The van der Waals surface area contributed by atoms with Gasteiger partial charge in [0.1, 0.15) is 0 Å². The number of carbonyl (C=O) groups is 1. The summed E-state index contributed by atoms with van der Waals surface area (Å²) in [6, 6.07) is 10.2. The Morgan fingerprint density at radius 2 is 2.20 bits per heavy atom. The molecule has 1 heterocycles. The highest BCUT2D eigenvalue weighted by molar-refractivity contribution is 9.10. The van der Waals surface area contributed by atoms with Gasteiger partial charge in [0.25, 0.3) is 0 Å². The minimum Gasteiger partial charge on any atom is -0.350 e. The SMILES string of the molecule is Cn1ncc(Br)c1CNC(=O)C1CC1c1ccccc1. The van der Waals surface area contributed by atoms with Crippen molar-refractivity contribution in [1.82, 2.24) is 15.1 Å². The molecule has 3 rings (SSSR count). The van der Waals surface area contributed by atoms with Crippen LogP contribution in [0.5, 0.6) is 0 Å². The number of hydrogen-bond acceptors (Lipinski definition) is 2. The van der Waals surface area contributed by atoms with Crippen LogP contribution in [0.25, 0.3) is 0 Å². The van der Waals surface area contributed by atoms with Crippen molar-refractivity contribution in [3.05, 3.63) is 52.3 Å². The topological polar surface area (TPSA) is 46.9 Å². The molecule has 5 heteroatoms. The Balaban J connectivity index is 1.57. The molecule has 4 nitrogen and oxygen atoms in total. The van der Waals surface area contributed by atoms with Gasteiger partial charge < -0.3 is 5.32 Å². The fourth-order valence-corrected chi connectivity index (χ4v) is 2.98. The molecule has 2 unspecified atom stereocenters. The molecule has 20 heavy (non-hydrogen) atoms. The maximum Gasteiger partial charge on any atom is 0.224 e. The van der Waals surface area contributed by atoms with Gasteiger partial charge in [-0.05, 0) is 33.8 Å². The number of nitrogens with one attached hydrogen (secondary N) is 1. The van der Waals surface area contributed by atoms with Gasteiger partial charge >= 0.3 is 0 Å². The zero-order valence-corrected chi connectivity index (χ0v) is 12.8. The molecule has 0 saturated heterocycles. The van der Waals surface area contributed by atoms with E-state index in [1.807, 2.05) is 25.2 Å². The Morgan fingerprint density at radius 3 is 2.85 bits per heavy atom. The van der Waals surface area contributed by atoms with Crippen LogP contribution < -0.4 is 5.32 Å². The van der Waals surface area contributed by atoms with Gasteiger partial charge in [-0.1, -0.05) is 30.3 Å². The molecule has 1 aromatic heterocycles. The Kier molecular flexibility index (Phi) is 3.61. The highest BCUT2D eigenvalue weighted by atomic mass is 79.9. The molecule has 0 spiro atoms. The van der Waals surface area contributed by atoms with E-state index in [0.29, 0.717) is 12.5 Å². The van der Waals surface area contributed by atoms with Gasteiger partial charge in [0.15, 0.2) is 0 Å². The number of aryl methyl sites for hydroxylation is 1. The van der Waals surface area contributed by atoms with Crippen molar-refractivity contribution in [3.8, 4) is 0 Å². The lowest BCUT2D eigenvalue weighted by atomic mass is 10.1. The molecule has 1 aromatic carbocycles. The Bertz CT molecular complexity index is 604. The van der Waals surface area contributed by atoms with Crippen LogP contribution in [0.2, 0.25) is 0 Å². The Morgan fingerprint density at radius 1 is 1.45 bits per heavy atom. The van der Waals surface area contributed by atoms with Crippen LogP contribution in [0.1, 0.15) is 23.6 Å². The van der Waals surface area contributed by atoms with Gasteiger partial charge in [-0.2, -0.15) is 5.10 Å². The second kappa shape index (κ2) is 5.40. The standard InChI is InChI=1S/C15H16BrN3O/c1-19-14(13(16)8-18-19)9-17-15(20)12-7-11(12)10-5-3-2-4-6-10/h2-6,8,11-12H,7,9H2,1H3,(H,17,20). The van der Waals surface area contributed by atoms with E-state index >= 15 is 0 Å². The minimum absolute atomic E-state index is 0.115. The molecule has 1 aliphatic rings. The lowest BCUT2D eigenvalue weighted by molar-refractivity contribution is -0.122. The number of hydrogen-bond donors (Lipinski definition) is 1. The molecule has 0 radical (unpaired) electrons. The summed E-state index contributed by atoms with van der Waals surface area (Å²) in [5.74, 6) is 0.627. The average Bonchev–Trinajstić information content (AvgIpc) is 3.20. The fraction of sp³-hybridized carbons (Fsp3) is 0.333. The molecule has 2 atom stereocenters. The molecule has 1 fully saturated rings. The molecule has 1 amide bonds. The van der Waals surface area contributed by atoms with E-state index in [1.54, 1.807) is 10.9 Å². The number of carbonyl (C=O) groups excluding carboxylic acids is 1. The third-order valence-electron chi connectivity index (χ3n) is 3.80. The van der Waals surface area contributed by atoms with Crippen molar-refractivity contribution in [3.63, 3.8) is 0 Å². The number of halogens is 1. The molecular weight excluding hydrogens is 318 g/mol. The quantitative estimate of drug-likeness (QED) is 0.934. The van der Waals surface area contributed by atoms with E-state index in [1.165, 1.54) is 5.56 Å². The first-order chi connectivity index (χ1) is 9.66. The van der Waals surface area contributed by atoms with Gasteiger partial charge in [0.2, 0.25) is 5.91 Å². The normalized spacial score (nSPS) is 20.7. The van der Waals surface area contributed by atoms with Crippen molar-refractivity contribution >= 4 is 21.8 Å². The van der Waals surface area contributed by atoms with Crippen molar-refractivity contribution < 1.29 is 4.79 Å². The molecule has 104 valence electrons. The van der Waals surface area contributed by atoms with E-state index < -0.39 is 0 Å². The Hall–Kier alpha value is -1.62. The molecule has 1 saturated carbocycles. The van der Waals surface area contributed by atoms with Gasteiger partial charge in [-0.25, -0.2) is 0 Å². The zero-order chi connectivity index (χ0) is 14.1. The number of nitrogens with zero attached hydrogens (tertiary/aromatic N) is 2. The monoisotopic (exact) mass is 333 g/mol. The number of amides is 1. The van der Waals surface area contributed by atoms with Crippen molar-refractivity contribution in [1.29, 1.82) is 0 Å². The summed E-state index contributed by atoms with van der Waals surface area (Å²) < 4.78 is 2.70. The summed E-state index contributed by atoms with van der Waals surface area (Å²) in [5, 5.41) is 7.13. The summed E-state index contributed by atoms with van der Waals surface area (Å²) in [5.41, 5.74) is 2.24. The Labute approximate surface area is 126 Å². The van der Waals surface area contributed by atoms with Crippen molar-refractivity contribution in [2.45, 2.75) is 18.9 Å². The van der Waals surface area contributed by atoms with Gasteiger partial charge in [-0.15, -0.1) is 0 Å². The summed E-state index contributed by atoms with van der Waals surface area (Å²) in [6.07, 6.45) is 2.69. The molecule has 0 bridgehead atoms. The molecule has 1 aliphatic carbocycles. The van der Waals surface area contributed by atoms with Gasteiger partial charge in [0.05, 0.1) is 22.9 Å². The van der Waals surface area contributed by atoms with Gasteiger partial charge in [0, 0.05) is 13.0 Å². The van der Waals surface area contributed by atoms with Crippen molar-refractivity contribution in [2.75, 3.05) is 0 Å². The summed E-state index contributed by atoms with van der Waals surface area (Å²) in [4.78, 5) is 12.2. The first-order valence-electron chi connectivity index (χ1n) is 6.66. The lowest BCUT2D eigenvalue weighted by Gasteiger charge is -2.06. The van der Waals surface area contributed by atoms with E-state index in [9.17, 15) is 4.79 Å². The average molecular weight is 334 g/mol. The summed E-state index contributed by atoms with van der Waals surface area (Å²) in [7, 11) is 1.87. The zero-order valence-electron chi connectivity index (χ0n) is 11.2. The first-order valence-corrected chi connectivity index (χ1v) is 7.45. The van der Waals surface area contributed by atoms with Crippen LogP contribution in [0.4, 0.5) is 0 Å². The maximum absolute atomic E-state index is 12.2. The predicted molar refractivity (Wildman–Crippen MR) is 80.0 cm³/mol. The van der Waals surface area contributed by atoms with Crippen LogP contribution in [-0.2, 0) is 18.4 Å². The van der Waals surface area contributed by atoms with Crippen LogP contribution in [0, 0.1) is 5.92 Å². The van der Waals surface area contributed by atoms with E-state index in [4.69, 9.17) is 0 Å². The highest BCUT2D eigenvalue weighted by Crippen LogP contribution is 2.47. The second-order valence-corrected chi connectivity index (χ2v) is 5.99. The van der Waals surface area contributed by atoms with Crippen molar-refractivity contribution in [2.24, 2.45) is 13.0 Å². The van der Waals surface area contributed by atoms with Crippen LogP contribution in [0.3, 0.4) is 0 Å². The van der Waals surface area contributed by atoms with Crippen LogP contribution in [0.15, 0.2) is 41.0 Å². The second-order valence-electron chi connectivity index (χ2n) is 5.14. The third kappa shape index (κ3) is 2.63. The molecule has 2 aromatic rings. The lowest BCUT2D eigenvalue weighted by Crippen LogP contribution is -2.26. The highest BCUT2D eigenvalue weighted by Gasteiger charge is 2.43. The molecule has 0 aliphatic heterocycles. The van der Waals surface area contributed by atoms with Crippen LogP contribution >= 0.6 is 15.9 Å². The smallest absolute Gasteiger partial charge is 0.224 e. The van der Waals surface area contributed by atoms with Crippen LogP contribution in [-0.4, -0.2) is 15.7 Å². The van der Waals surface area contributed by atoms with E-state index in [2.05, 4.69) is 38.5 Å². The number of aromatic nitrogens is 2. The third-order valence-corrected chi connectivity index (χ3v) is 4.46. The largest absolute Gasteiger partial charge is 0.350 e. The summed E-state index contributed by atoms with van der Waals surface area (Å²) >= 11 is 3.43. The first kappa shape index (κ1) is 13.4. The number of benzene rings is 1. The number of rotatable bonds is 4. The minimum atomic E-state index is 0.115. The van der Waals surface area contributed by atoms with E-state index in [-0.39, 0.29) is 11.8 Å². The molecular formula is C15H16BrN3O. The summed E-state index contributed by atoms with van der Waals surface area (Å²) in [6.45, 7) is 0.508. The predicted octanol–water partition coefficient (Wildman–Crippen LogP) is 2.60. The molecule has 1 N–H and O–H groups in total. The van der Waals surface area contributed by atoms with E-state index in [0.717, 1.165) is 16.6 Å². The maximum atomic E-state index is 12.2. The van der Waals surface area contributed by atoms with Gasteiger partial charge in [-0.3, -0.25) is 9.48 Å².